The molecule has 3 aromatic rings. The number of hydrogen-bond acceptors (Lipinski definition) is 4. The van der Waals surface area contributed by atoms with Crippen molar-refractivity contribution in [3.63, 3.8) is 0 Å². The summed E-state index contributed by atoms with van der Waals surface area (Å²) in [5.74, 6) is 1.58. The number of benzene rings is 2. The predicted octanol–water partition coefficient (Wildman–Crippen LogP) is 4.11. The molecule has 146 valence electrons. The van der Waals surface area contributed by atoms with Crippen LogP contribution in [0.2, 0.25) is 0 Å². The molecule has 0 unspecified atom stereocenters. The highest BCUT2D eigenvalue weighted by atomic mass is 32.2. The van der Waals surface area contributed by atoms with Crippen LogP contribution in [0, 0.1) is 5.92 Å². The molecule has 0 fully saturated rings. The van der Waals surface area contributed by atoms with Crippen LogP contribution in [-0.2, 0) is 11.2 Å². The van der Waals surface area contributed by atoms with Crippen LogP contribution in [0.5, 0.6) is 0 Å². The number of rotatable bonds is 8. The van der Waals surface area contributed by atoms with Crippen LogP contribution in [0.25, 0.3) is 5.69 Å². The van der Waals surface area contributed by atoms with Crippen LogP contribution >= 0.6 is 11.8 Å². The van der Waals surface area contributed by atoms with E-state index in [0.717, 1.165) is 16.7 Å². The summed E-state index contributed by atoms with van der Waals surface area (Å²) < 4.78 is 2.04. The third-order valence-corrected chi connectivity index (χ3v) is 5.57. The fourth-order valence-corrected chi connectivity index (χ4v) is 3.50. The molecule has 1 atom stereocenters. The molecule has 0 saturated heterocycles. The number of para-hydroxylation sites is 1. The van der Waals surface area contributed by atoms with Gasteiger partial charge in [-0.15, -0.1) is 10.2 Å². The summed E-state index contributed by atoms with van der Waals surface area (Å²) in [4.78, 5) is 12.3. The minimum absolute atomic E-state index is 0.0124. The van der Waals surface area contributed by atoms with E-state index in [4.69, 9.17) is 0 Å². The van der Waals surface area contributed by atoms with Gasteiger partial charge in [0.05, 0.1) is 5.75 Å². The van der Waals surface area contributed by atoms with E-state index in [1.54, 1.807) is 0 Å². The van der Waals surface area contributed by atoms with Crippen LogP contribution in [0.15, 0.2) is 65.8 Å². The highest BCUT2D eigenvalue weighted by molar-refractivity contribution is 7.99. The van der Waals surface area contributed by atoms with Crippen LogP contribution in [-0.4, -0.2) is 32.5 Å². The van der Waals surface area contributed by atoms with Crippen molar-refractivity contribution < 1.29 is 4.79 Å². The molecule has 3 rings (SSSR count). The SMILES string of the molecule is CC(C)[C@H](C)NC(=O)CSc1nnc(Cc2ccccc2)n1-c1ccccc1. The first-order valence-electron chi connectivity index (χ1n) is 9.50. The van der Waals surface area contributed by atoms with Crippen molar-refractivity contribution in [2.75, 3.05) is 5.75 Å². The minimum Gasteiger partial charge on any atom is -0.353 e. The van der Waals surface area contributed by atoms with Crippen molar-refractivity contribution in [3.8, 4) is 5.69 Å². The Bertz CT molecular complexity index is 893. The van der Waals surface area contributed by atoms with Gasteiger partial charge < -0.3 is 5.32 Å². The molecule has 28 heavy (non-hydrogen) atoms. The van der Waals surface area contributed by atoms with Gasteiger partial charge in [0.2, 0.25) is 5.91 Å². The average molecular weight is 395 g/mol. The number of hydrogen-bond donors (Lipinski definition) is 1. The van der Waals surface area contributed by atoms with Gasteiger partial charge in [-0.3, -0.25) is 9.36 Å². The van der Waals surface area contributed by atoms with E-state index in [2.05, 4.69) is 41.5 Å². The van der Waals surface area contributed by atoms with E-state index in [0.29, 0.717) is 18.1 Å². The molecule has 1 aromatic heterocycles. The second kappa shape index (κ2) is 9.55. The number of aromatic nitrogens is 3. The van der Waals surface area contributed by atoms with E-state index in [1.807, 2.05) is 60.0 Å². The Balaban J connectivity index is 1.80. The first-order chi connectivity index (χ1) is 13.5. The lowest BCUT2D eigenvalue weighted by atomic mass is 10.1. The van der Waals surface area contributed by atoms with E-state index in [-0.39, 0.29) is 11.9 Å². The number of thioether (sulfide) groups is 1. The van der Waals surface area contributed by atoms with Gasteiger partial charge in [-0.25, -0.2) is 0 Å². The molecule has 0 saturated carbocycles. The lowest BCUT2D eigenvalue weighted by Crippen LogP contribution is -2.37. The molecule has 0 aliphatic heterocycles. The topological polar surface area (TPSA) is 59.8 Å². The Kier molecular flexibility index (Phi) is 6.87. The number of nitrogens with one attached hydrogen (secondary N) is 1. The first kappa shape index (κ1) is 20.1. The van der Waals surface area contributed by atoms with Crippen molar-refractivity contribution in [1.29, 1.82) is 0 Å². The van der Waals surface area contributed by atoms with E-state index >= 15 is 0 Å². The molecule has 1 amide bonds. The standard InChI is InChI=1S/C22H26N4OS/c1-16(2)17(3)23-21(27)15-28-22-25-24-20(14-18-10-6-4-7-11-18)26(22)19-12-8-5-9-13-19/h4-13,16-17H,14-15H2,1-3H3,(H,23,27)/t17-/m0/s1. The van der Waals surface area contributed by atoms with Gasteiger partial charge in [0.15, 0.2) is 5.16 Å². The summed E-state index contributed by atoms with van der Waals surface area (Å²) in [5, 5.41) is 12.6. The number of carbonyl (C=O) groups excluding carboxylic acids is 1. The van der Waals surface area contributed by atoms with Crippen molar-refractivity contribution in [3.05, 3.63) is 72.1 Å². The molecule has 1 heterocycles. The summed E-state index contributed by atoms with van der Waals surface area (Å²) in [6.45, 7) is 6.22. The van der Waals surface area contributed by atoms with Crippen molar-refractivity contribution in [2.45, 2.75) is 38.4 Å². The predicted molar refractivity (Wildman–Crippen MR) is 114 cm³/mol. The lowest BCUT2D eigenvalue weighted by Gasteiger charge is -2.17. The molecular weight excluding hydrogens is 368 g/mol. The van der Waals surface area contributed by atoms with Crippen LogP contribution in [0.3, 0.4) is 0 Å². The fourth-order valence-electron chi connectivity index (χ4n) is 2.72. The fraction of sp³-hybridized carbons (Fsp3) is 0.318. The number of amides is 1. The highest BCUT2D eigenvalue weighted by Crippen LogP contribution is 2.23. The molecule has 6 heteroatoms. The molecule has 0 bridgehead atoms. The van der Waals surface area contributed by atoms with Crippen molar-refractivity contribution >= 4 is 17.7 Å². The maximum absolute atomic E-state index is 12.3. The Morgan fingerprint density at radius 3 is 2.29 bits per heavy atom. The van der Waals surface area contributed by atoms with Gasteiger partial charge in [-0.1, -0.05) is 74.1 Å². The Morgan fingerprint density at radius 1 is 1.00 bits per heavy atom. The molecule has 1 N–H and O–H groups in total. The van der Waals surface area contributed by atoms with Gasteiger partial charge in [-0.05, 0) is 30.5 Å². The average Bonchev–Trinajstić information content (AvgIpc) is 3.10. The molecule has 0 radical (unpaired) electrons. The lowest BCUT2D eigenvalue weighted by molar-refractivity contribution is -0.119. The normalized spacial score (nSPS) is 12.1. The summed E-state index contributed by atoms with van der Waals surface area (Å²) in [7, 11) is 0. The smallest absolute Gasteiger partial charge is 0.230 e. The van der Waals surface area contributed by atoms with Gasteiger partial charge in [0, 0.05) is 18.2 Å². The highest BCUT2D eigenvalue weighted by Gasteiger charge is 2.17. The van der Waals surface area contributed by atoms with Crippen molar-refractivity contribution in [2.24, 2.45) is 5.92 Å². The van der Waals surface area contributed by atoms with Gasteiger partial charge in [0.1, 0.15) is 5.82 Å². The van der Waals surface area contributed by atoms with Crippen LogP contribution in [0.4, 0.5) is 0 Å². The van der Waals surface area contributed by atoms with Gasteiger partial charge >= 0.3 is 0 Å². The quantitative estimate of drug-likeness (QED) is 0.584. The summed E-state index contributed by atoms with van der Waals surface area (Å²) >= 11 is 1.41. The van der Waals surface area contributed by atoms with E-state index in [9.17, 15) is 4.79 Å². The maximum atomic E-state index is 12.3. The van der Waals surface area contributed by atoms with Crippen molar-refractivity contribution in [1.82, 2.24) is 20.1 Å². The largest absolute Gasteiger partial charge is 0.353 e. The third-order valence-electron chi connectivity index (χ3n) is 4.64. The monoisotopic (exact) mass is 394 g/mol. The summed E-state index contributed by atoms with van der Waals surface area (Å²) in [6, 6.07) is 20.4. The van der Waals surface area contributed by atoms with Gasteiger partial charge in [0.25, 0.3) is 0 Å². The Labute approximate surface area is 170 Å². The molecule has 0 aliphatic rings. The van der Waals surface area contributed by atoms with Gasteiger partial charge in [-0.2, -0.15) is 0 Å². The minimum atomic E-state index is 0.0124. The third kappa shape index (κ3) is 5.23. The van der Waals surface area contributed by atoms with E-state index < -0.39 is 0 Å². The van der Waals surface area contributed by atoms with E-state index in [1.165, 1.54) is 17.3 Å². The molecule has 2 aromatic carbocycles. The number of carbonyl (C=O) groups is 1. The summed E-state index contributed by atoms with van der Waals surface area (Å²) in [5.41, 5.74) is 2.17. The molecular formula is C22H26N4OS. The maximum Gasteiger partial charge on any atom is 0.230 e. The first-order valence-corrected chi connectivity index (χ1v) is 10.5. The zero-order valence-electron chi connectivity index (χ0n) is 16.5. The molecule has 0 aliphatic carbocycles. The number of nitrogens with zero attached hydrogens (tertiary/aromatic N) is 3. The Hall–Kier alpha value is -2.60. The summed E-state index contributed by atoms with van der Waals surface area (Å²) in [6.07, 6.45) is 0.680. The molecule has 0 spiro atoms. The zero-order valence-corrected chi connectivity index (χ0v) is 17.3. The second-order valence-corrected chi connectivity index (χ2v) is 8.06. The van der Waals surface area contributed by atoms with Crippen LogP contribution < -0.4 is 5.32 Å². The van der Waals surface area contributed by atoms with Crippen LogP contribution in [0.1, 0.15) is 32.2 Å². The second-order valence-electron chi connectivity index (χ2n) is 7.12. The molecule has 5 nitrogen and oxygen atoms in total. The Morgan fingerprint density at radius 2 is 1.64 bits per heavy atom. The zero-order chi connectivity index (χ0) is 19.9.